The summed E-state index contributed by atoms with van der Waals surface area (Å²) in [6.45, 7) is 27.8. The maximum atomic E-state index is 14.2. The Hall–Kier alpha value is -3.00. The highest BCUT2D eigenvalue weighted by atomic mass is 28.3. The number of ether oxygens (including phenoxy) is 10. The van der Waals surface area contributed by atoms with Crippen LogP contribution < -0.4 is 0 Å². The minimum atomic E-state index is -1.43. The molecule has 2 bridgehead atoms. The highest BCUT2D eigenvalue weighted by Crippen LogP contribution is 2.56. The van der Waals surface area contributed by atoms with Crippen molar-refractivity contribution in [2.45, 2.75) is 243 Å². The van der Waals surface area contributed by atoms with Crippen LogP contribution in [0.1, 0.15) is 139 Å². The third kappa shape index (κ3) is 12.6. The molecule has 8 aliphatic rings. The van der Waals surface area contributed by atoms with Crippen molar-refractivity contribution in [1.82, 2.24) is 4.90 Å². The van der Waals surface area contributed by atoms with Crippen LogP contribution in [-0.4, -0.2) is 140 Å². The molecule has 416 valence electrons. The Morgan fingerprint density at radius 3 is 2.34 bits per heavy atom. The first kappa shape index (κ1) is 57.2. The van der Waals surface area contributed by atoms with Crippen LogP contribution >= 0.6 is 0 Å². The van der Waals surface area contributed by atoms with Gasteiger partial charge in [0.1, 0.15) is 18.3 Å². The quantitative estimate of drug-likeness (QED) is 0.0450. The van der Waals surface area contributed by atoms with Gasteiger partial charge < -0.3 is 52.5 Å². The number of fused-ring (bicyclic) bond motifs is 5. The van der Waals surface area contributed by atoms with E-state index in [1.165, 1.54) is 13.8 Å². The first-order valence-electron chi connectivity index (χ1n) is 28.1. The SMILES string of the molecule is C=C(C[C@]12C[C@H](C)C[C@H](O1)[C@@H]1O[C@]3(C[C@@H]1O2)[C@H](C)C[C@H](C)CN3C(=O)OCC[Si](C)(C)C)[C@@H](OC(C)=O)[C@@H](C)C[C@@H](C)C(=O)[C@@H](O)[C@H]1C[C@@H]2O[C@]3(CC[C@]4(C=CC[C@@H](/C=C/CCCOC(C)=O)O4)O3)[C@@H](C)C[C@@H]2O1. The first-order chi connectivity index (χ1) is 34.8. The number of nitrogens with zero attached hydrogens (tertiary/aromatic N) is 1. The maximum absolute atomic E-state index is 14.2. The number of Topliss-reactive ketones (excluding diaryl/α,β-unsaturated/α-hetero) is 1. The lowest BCUT2D eigenvalue weighted by atomic mass is 9.78. The molecule has 3 spiro atoms. The summed E-state index contributed by atoms with van der Waals surface area (Å²) in [6, 6.07) is 0.884. The van der Waals surface area contributed by atoms with Crippen molar-refractivity contribution in [3.8, 4) is 0 Å². The van der Waals surface area contributed by atoms with E-state index in [4.69, 9.17) is 47.4 Å². The predicted molar refractivity (Wildman–Crippen MR) is 277 cm³/mol. The Morgan fingerprint density at radius 1 is 0.851 bits per heavy atom. The fourth-order valence-corrected chi connectivity index (χ4v) is 14.4. The second-order valence-electron chi connectivity index (χ2n) is 25.2. The van der Waals surface area contributed by atoms with Crippen molar-refractivity contribution in [3.63, 3.8) is 0 Å². The monoisotopic (exact) mass is 1060 g/mol. The van der Waals surface area contributed by atoms with Gasteiger partial charge in [0.2, 0.25) is 0 Å². The summed E-state index contributed by atoms with van der Waals surface area (Å²) < 4.78 is 64.7. The molecule has 7 fully saturated rings. The molecule has 19 atom stereocenters. The van der Waals surface area contributed by atoms with Gasteiger partial charge in [-0.1, -0.05) is 86.0 Å². The van der Waals surface area contributed by atoms with Gasteiger partial charge in [0, 0.05) is 84.7 Å². The molecule has 17 heteroatoms. The van der Waals surface area contributed by atoms with Crippen molar-refractivity contribution < 1.29 is 71.7 Å². The molecule has 1 amide bonds. The summed E-state index contributed by atoms with van der Waals surface area (Å²) >= 11 is 0. The van der Waals surface area contributed by atoms with Gasteiger partial charge in [0.25, 0.3) is 0 Å². The smallest absolute Gasteiger partial charge is 0.412 e. The fraction of sp³-hybridized carbons (Fsp3) is 0.825. The van der Waals surface area contributed by atoms with Crippen molar-refractivity contribution in [2.75, 3.05) is 19.8 Å². The van der Waals surface area contributed by atoms with Crippen molar-refractivity contribution in [1.29, 1.82) is 0 Å². The molecule has 8 heterocycles. The second-order valence-corrected chi connectivity index (χ2v) is 30.8. The Kier molecular flexibility index (Phi) is 17.6. The first-order valence-corrected chi connectivity index (χ1v) is 31.8. The summed E-state index contributed by atoms with van der Waals surface area (Å²) in [6.07, 6.45) is 10.9. The number of unbranched alkanes of at least 4 members (excludes halogenated alkanes) is 1. The molecule has 0 unspecified atom stereocenters. The van der Waals surface area contributed by atoms with E-state index in [0.717, 1.165) is 38.1 Å². The van der Waals surface area contributed by atoms with Gasteiger partial charge in [-0.15, -0.1) is 0 Å². The molecule has 0 aromatic heterocycles. The van der Waals surface area contributed by atoms with E-state index in [1.54, 1.807) is 6.92 Å². The number of hydrogen-bond donors (Lipinski definition) is 1. The number of allylic oxidation sites excluding steroid dienone is 1. The topological polar surface area (TPSA) is 184 Å². The molecule has 7 saturated heterocycles. The molecule has 16 nitrogen and oxygen atoms in total. The number of rotatable bonds is 18. The predicted octanol–water partition coefficient (Wildman–Crippen LogP) is 9.33. The lowest BCUT2D eigenvalue weighted by Crippen LogP contribution is -2.61. The molecular weight excluding hydrogens is 967 g/mol. The Balaban J connectivity index is 0.869. The van der Waals surface area contributed by atoms with Crippen LogP contribution in [-0.2, 0) is 61.8 Å². The van der Waals surface area contributed by atoms with Gasteiger partial charge in [-0.2, -0.15) is 0 Å². The van der Waals surface area contributed by atoms with Gasteiger partial charge in [-0.05, 0) is 80.4 Å². The van der Waals surface area contributed by atoms with Crippen LogP contribution in [0.3, 0.4) is 0 Å². The standard InChI is InChI=1S/C57H89NO15Si/c1-34-26-47-52-48(32-56(72-52)39(6)25-35(2)33-58(56)53(63)65-23-24-74(10,11)12)70-55(30-34,69-47)31-38(5)51(66-42(9)60)37(4)27-36(3)49(61)50(62)46-29-45-44(67-46)28-40(7)57(71-45)21-20-54(73-57)19-16-18-43(68-54)17-14-13-15-22-64-41(8)59/h14,16-17,19,34-37,39-40,43-48,50-52,62H,5,13,15,18,20-33H2,1-4,6-12H3/b17-14+/t34-,35+,36-,37+,39-,40+,43-,44+,45+,46-,47+,48+,50+,51+,52+,54+,55-,56-,57+/m1/s1. The van der Waals surface area contributed by atoms with Gasteiger partial charge in [0.15, 0.2) is 28.9 Å². The largest absolute Gasteiger partial charge is 0.466 e. The maximum Gasteiger partial charge on any atom is 0.412 e. The number of aliphatic hydroxyl groups excluding tert-OH is 1. The Labute approximate surface area is 441 Å². The molecule has 8 aliphatic heterocycles. The fourth-order valence-electron chi connectivity index (χ4n) is 13.7. The number of carbonyl (C=O) groups is 4. The van der Waals surface area contributed by atoms with Gasteiger partial charge in [-0.3, -0.25) is 19.3 Å². The minimum Gasteiger partial charge on any atom is -0.466 e. The number of likely N-dealkylation sites (tertiary alicyclic amines) is 1. The van der Waals surface area contributed by atoms with Crippen LogP contribution in [0.4, 0.5) is 4.79 Å². The second kappa shape index (κ2) is 22.8. The summed E-state index contributed by atoms with van der Waals surface area (Å²) in [7, 11) is -1.43. The van der Waals surface area contributed by atoms with Crippen LogP contribution in [0.2, 0.25) is 25.7 Å². The third-order valence-corrected chi connectivity index (χ3v) is 19.0. The van der Waals surface area contributed by atoms with Crippen molar-refractivity contribution in [2.24, 2.45) is 35.5 Å². The van der Waals surface area contributed by atoms with Crippen molar-refractivity contribution in [3.05, 3.63) is 36.5 Å². The molecule has 1 N–H and O–H groups in total. The highest BCUT2D eigenvalue weighted by Gasteiger charge is 2.65. The molecule has 74 heavy (non-hydrogen) atoms. The number of carbonyl (C=O) groups excluding carboxylic acids is 4. The number of amides is 1. The summed E-state index contributed by atoms with van der Waals surface area (Å²) in [4.78, 5) is 53.8. The van der Waals surface area contributed by atoms with E-state index in [1.807, 2.05) is 24.0 Å². The van der Waals surface area contributed by atoms with Crippen LogP contribution in [0.5, 0.6) is 0 Å². The summed E-state index contributed by atoms with van der Waals surface area (Å²) in [5.41, 5.74) is -0.277. The summed E-state index contributed by atoms with van der Waals surface area (Å²) in [5, 5.41) is 11.7. The zero-order chi connectivity index (χ0) is 53.5. The number of piperidine rings is 1. The minimum absolute atomic E-state index is 0.0369. The van der Waals surface area contributed by atoms with E-state index in [0.29, 0.717) is 70.3 Å². The third-order valence-electron chi connectivity index (χ3n) is 17.3. The zero-order valence-corrected chi connectivity index (χ0v) is 47.3. The van der Waals surface area contributed by atoms with E-state index in [2.05, 4.69) is 66.1 Å². The molecule has 0 aromatic carbocycles. The summed E-state index contributed by atoms with van der Waals surface area (Å²) in [5.74, 6) is -4.44. The Morgan fingerprint density at radius 2 is 1.61 bits per heavy atom. The molecule has 0 aliphatic carbocycles. The average molecular weight is 1060 g/mol. The molecule has 0 radical (unpaired) electrons. The van der Waals surface area contributed by atoms with Gasteiger partial charge in [-0.25, -0.2) is 4.79 Å². The average Bonchev–Trinajstić information content (AvgIpc) is 4.00. The normalized spacial score (nSPS) is 40.2. The van der Waals surface area contributed by atoms with E-state index in [9.17, 15) is 24.3 Å². The molecule has 8 rings (SSSR count). The highest BCUT2D eigenvalue weighted by molar-refractivity contribution is 6.76. The zero-order valence-electron chi connectivity index (χ0n) is 46.3. The van der Waals surface area contributed by atoms with E-state index in [-0.39, 0.29) is 90.5 Å². The van der Waals surface area contributed by atoms with Crippen molar-refractivity contribution >= 4 is 31.9 Å². The van der Waals surface area contributed by atoms with Crippen LogP contribution in [0.25, 0.3) is 0 Å². The van der Waals surface area contributed by atoms with Gasteiger partial charge >= 0.3 is 18.0 Å². The van der Waals surface area contributed by atoms with Gasteiger partial charge in [0.05, 0.1) is 49.8 Å². The number of ketones is 1. The lowest BCUT2D eigenvalue weighted by Gasteiger charge is -2.52. The number of hydrogen-bond acceptors (Lipinski definition) is 15. The number of aliphatic hydroxyl groups is 1. The lowest BCUT2D eigenvalue weighted by molar-refractivity contribution is -0.365. The molecular formula is C57H89NO15Si. The molecule has 0 aromatic rings. The van der Waals surface area contributed by atoms with E-state index < -0.39 is 61.4 Å². The van der Waals surface area contributed by atoms with Crippen LogP contribution in [0.15, 0.2) is 36.5 Å². The van der Waals surface area contributed by atoms with Crippen LogP contribution in [0, 0.1) is 35.5 Å². The van der Waals surface area contributed by atoms with E-state index >= 15 is 0 Å². The molecule has 0 saturated carbocycles. The number of esters is 2. The Bertz CT molecular complexity index is 2110.